The lowest BCUT2D eigenvalue weighted by atomic mass is 10.0. The summed E-state index contributed by atoms with van der Waals surface area (Å²) in [6.07, 6.45) is 1.76. The van der Waals surface area contributed by atoms with E-state index in [2.05, 4.69) is 5.32 Å². The molecule has 0 saturated heterocycles. The molecule has 0 aliphatic heterocycles. The summed E-state index contributed by atoms with van der Waals surface area (Å²) in [5.41, 5.74) is 3.92. The molecule has 29 heavy (non-hydrogen) atoms. The van der Waals surface area contributed by atoms with Gasteiger partial charge in [0, 0.05) is 33.0 Å². The number of amides is 1. The zero-order valence-corrected chi connectivity index (χ0v) is 17.0. The number of aryl methyl sites for hydroxylation is 1. The van der Waals surface area contributed by atoms with Crippen LogP contribution in [0.25, 0.3) is 16.6 Å². The molecule has 2 heterocycles. The van der Waals surface area contributed by atoms with E-state index in [9.17, 15) is 9.59 Å². The molecule has 0 saturated carbocycles. The fraction of sp³-hybridized carbons (Fsp3) is 0.0435. The lowest BCUT2D eigenvalue weighted by Gasteiger charge is -2.09. The predicted octanol–water partition coefficient (Wildman–Crippen LogP) is 6.04. The molecule has 144 valence electrons. The number of fused-ring (bicyclic) bond motifs is 1. The summed E-state index contributed by atoms with van der Waals surface area (Å²) in [6, 6.07) is 19.7. The van der Waals surface area contributed by atoms with Gasteiger partial charge in [-0.2, -0.15) is 0 Å². The molecule has 4 nitrogen and oxygen atoms in total. The maximum atomic E-state index is 13.1. The summed E-state index contributed by atoms with van der Waals surface area (Å²) >= 11 is 12.1. The third kappa shape index (κ3) is 3.77. The van der Waals surface area contributed by atoms with E-state index in [0.29, 0.717) is 27.0 Å². The molecule has 2 aromatic carbocycles. The second-order valence-corrected chi connectivity index (χ2v) is 7.50. The smallest absolute Gasteiger partial charge is 0.298 e. The van der Waals surface area contributed by atoms with Crippen molar-refractivity contribution in [3.8, 4) is 11.1 Å². The van der Waals surface area contributed by atoms with Crippen LogP contribution in [0.4, 0.5) is 5.69 Å². The number of hydrogen-bond donors (Lipinski definition) is 1. The van der Waals surface area contributed by atoms with Gasteiger partial charge < -0.3 is 9.72 Å². The van der Waals surface area contributed by atoms with Crippen molar-refractivity contribution in [2.75, 3.05) is 5.32 Å². The molecule has 0 unspecified atom stereocenters. The number of Topliss-reactive ketones (excluding diaryl/α,β-unsaturated/α-hetero) is 1. The van der Waals surface area contributed by atoms with Gasteiger partial charge in [0.2, 0.25) is 0 Å². The lowest BCUT2D eigenvalue weighted by molar-refractivity contribution is -0.112. The SMILES string of the molecule is Cc1ccc(NC(=O)C(=O)c2c(-c3ccc(Cl)cc3)cc3ccccn23)cc1Cl. The second kappa shape index (κ2) is 7.74. The first-order valence-electron chi connectivity index (χ1n) is 8.92. The van der Waals surface area contributed by atoms with Crippen LogP contribution in [0.15, 0.2) is 72.9 Å². The maximum Gasteiger partial charge on any atom is 0.298 e. The molecule has 0 fully saturated rings. The number of carbonyl (C=O) groups excluding carboxylic acids is 2. The van der Waals surface area contributed by atoms with Crippen molar-refractivity contribution in [3.05, 3.63) is 94.2 Å². The lowest BCUT2D eigenvalue weighted by Crippen LogP contribution is -2.24. The molecule has 1 N–H and O–H groups in total. The zero-order chi connectivity index (χ0) is 20.5. The average Bonchev–Trinajstić information content (AvgIpc) is 3.10. The average molecular weight is 423 g/mol. The third-order valence-corrected chi connectivity index (χ3v) is 5.35. The van der Waals surface area contributed by atoms with Crippen LogP contribution in [0.1, 0.15) is 16.1 Å². The highest BCUT2D eigenvalue weighted by molar-refractivity contribution is 6.47. The number of ketones is 1. The van der Waals surface area contributed by atoms with Gasteiger partial charge in [0.05, 0.1) is 0 Å². The van der Waals surface area contributed by atoms with Gasteiger partial charge in [0.15, 0.2) is 0 Å². The van der Waals surface area contributed by atoms with Gasteiger partial charge in [-0.15, -0.1) is 0 Å². The van der Waals surface area contributed by atoms with Crippen molar-refractivity contribution in [3.63, 3.8) is 0 Å². The third-order valence-electron chi connectivity index (χ3n) is 4.69. The molecule has 6 heteroatoms. The summed E-state index contributed by atoms with van der Waals surface area (Å²) in [6.45, 7) is 1.87. The van der Waals surface area contributed by atoms with Gasteiger partial charge in [-0.25, -0.2) is 0 Å². The zero-order valence-electron chi connectivity index (χ0n) is 15.4. The van der Waals surface area contributed by atoms with E-state index in [-0.39, 0.29) is 0 Å². The molecule has 0 aliphatic carbocycles. The Morgan fingerprint density at radius 3 is 2.41 bits per heavy atom. The first-order chi connectivity index (χ1) is 13.9. The van der Waals surface area contributed by atoms with Crippen molar-refractivity contribution in [1.29, 1.82) is 0 Å². The van der Waals surface area contributed by atoms with E-state index in [4.69, 9.17) is 23.2 Å². The van der Waals surface area contributed by atoms with Crippen LogP contribution in [0.3, 0.4) is 0 Å². The van der Waals surface area contributed by atoms with Crippen molar-refractivity contribution < 1.29 is 9.59 Å². The number of nitrogens with one attached hydrogen (secondary N) is 1. The van der Waals surface area contributed by atoms with Crippen molar-refractivity contribution in [2.45, 2.75) is 6.92 Å². The summed E-state index contributed by atoms with van der Waals surface area (Å²) < 4.78 is 1.72. The van der Waals surface area contributed by atoms with E-state index in [1.807, 2.05) is 43.3 Å². The van der Waals surface area contributed by atoms with Crippen LogP contribution < -0.4 is 5.32 Å². The summed E-state index contributed by atoms with van der Waals surface area (Å²) in [5.74, 6) is -1.37. The normalized spacial score (nSPS) is 10.9. The highest BCUT2D eigenvalue weighted by Gasteiger charge is 2.25. The fourth-order valence-corrected chi connectivity index (χ4v) is 3.48. The van der Waals surface area contributed by atoms with Crippen molar-refractivity contribution in [2.24, 2.45) is 0 Å². The molecule has 1 amide bonds. The standard InChI is InChI=1S/C23H16Cl2N2O2/c1-14-5-10-17(12-20(14)25)26-23(29)22(28)21-19(15-6-8-16(24)9-7-15)13-18-4-2-3-11-27(18)21/h2-13H,1H3,(H,26,29). The highest BCUT2D eigenvalue weighted by atomic mass is 35.5. The monoisotopic (exact) mass is 422 g/mol. The van der Waals surface area contributed by atoms with Gasteiger partial charge in [-0.05, 0) is 60.5 Å². The number of benzene rings is 2. The van der Waals surface area contributed by atoms with Gasteiger partial charge >= 0.3 is 0 Å². The Labute approximate surface area is 177 Å². The molecule has 0 radical (unpaired) electrons. The van der Waals surface area contributed by atoms with Crippen LogP contribution in [0.5, 0.6) is 0 Å². The van der Waals surface area contributed by atoms with Crippen LogP contribution in [-0.4, -0.2) is 16.1 Å². The van der Waals surface area contributed by atoms with Gasteiger partial charge in [-0.1, -0.05) is 47.5 Å². The molecule has 0 atom stereocenters. The number of nitrogens with zero attached hydrogens (tertiary/aromatic N) is 1. The minimum absolute atomic E-state index is 0.290. The van der Waals surface area contributed by atoms with Gasteiger partial charge in [0.1, 0.15) is 5.69 Å². The van der Waals surface area contributed by atoms with E-state index in [1.165, 1.54) is 0 Å². The van der Waals surface area contributed by atoms with Crippen LogP contribution >= 0.6 is 23.2 Å². The van der Waals surface area contributed by atoms with Crippen molar-refractivity contribution >= 4 is 46.1 Å². The number of pyridine rings is 1. The first-order valence-corrected chi connectivity index (χ1v) is 9.67. The van der Waals surface area contributed by atoms with E-state index >= 15 is 0 Å². The number of halogens is 2. The quantitative estimate of drug-likeness (QED) is 0.321. The maximum absolute atomic E-state index is 13.1. The van der Waals surface area contributed by atoms with Crippen LogP contribution in [0, 0.1) is 6.92 Å². The number of carbonyl (C=O) groups is 2. The molecule has 4 rings (SSSR count). The Balaban J connectivity index is 1.76. The summed E-state index contributed by atoms with van der Waals surface area (Å²) in [7, 11) is 0. The van der Waals surface area contributed by atoms with Gasteiger partial charge in [0.25, 0.3) is 11.7 Å². The van der Waals surface area contributed by atoms with Crippen molar-refractivity contribution in [1.82, 2.24) is 4.40 Å². The fourth-order valence-electron chi connectivity index (χ4n) is 3.17. The summed E-state index contributed by atoms with van der Waals surface area (Å²) in [5, 5.41) is 3.76. The Morgan fingerprint density at radius 2 is 1.69 bits per heavy atom. The van der Waals surface area contributed by atoms with Gasteiger partial charge in [-0.3, -0.25) is 9.59 Å². The van der Waals surface area contributed by atoms with Crippen LogP contribution in [-0.2, 0) is 4.79 Å². The second-order valence-electron chi connectivity index (χ2n) is 6.66. The number of anilines is 1. The van der Waals surface area contributed by atoms with E-state index in [0.717, 1.165) is 16.6 Å². The molecular weight excluding hydrogens is 407 g/mol. The summed E-state index contributed by atoms with van der Waals surface area (Å²) in [4.78, 5) is 25.9. The molecule has 4 aromatic rings. The topological polar surface area (TPSA) is 50.6 Å². The number of rotatable bonds is 4. The molecule has 0 spiro atoms. The molecular formula is C23H16Cl2N2O2. The Morgan fingerprint density at radius 1 is 0.931 bits per heavy atom. The minimum Gasteiger partial charge on any atom is -0.319 e. The Bertz CT molecular complexity index is 1240. The van der Waals surface area contributed by atoms with Crippen LogP contribution in [0.2, 0.25) is 10.0 Å². The molecule has 0 bridgehead atoms. The highest BCUT2D eigenvalue weighted by Crippen LogP contribution is 2.29. The molecule has 0 aliphatic rings. The van der Waals surface area contributed by atoms with E-state index < -0.39 is 11.7 Å². The largest absolute Gasteiger partial charge is 0.319 e. The molecule has 2 aromatic heterocycles. The Kier molecular flexibility index (Phi) is 5.14. The minimum atomic E-state index is -0.732. The Hall–Kier alpha value is -3.08. The first kappa shape index (κ1) is 19.2. The number of hydrogen-bond acceptors (Lipinski definition) is 2. The van der Waals surface area contributed by atoms with E-state index in [1.54, 1.807) is 40.9 Å². The number of aromatic nitrogens is 1. The predicted molar refractivity (Wildman–Crippen MR) is 117 cm³/mol.